The average Bonchev–Trinajstić information content (AvgIpc) is 2.48. The first-order chi connectivity index (χ1) is 5.83. The van der Waals surface area contributed by atoms with Crippen LogP contribution in [0.2, 0.25) is 0 Å². The van der Waals surface area contributed by atoms with Gasteiger partial charge in [-0.2, -0.15) is 0 Å². The number of ether oxygens (including phenoxy) is 1. The van der Waals surface area contributed by atoms with Gasteiger partial charge in [-0.15, -0.1) is 0 Å². The molecule has 0 fully saturated rings. The van der Waals surface area contributed by atoms with Crippen LogP contribution in [0.25, 0.3) is 0 Å². The van der Waals surface area contributed by atoms with Crippen LogP contribution in [0.4, 0.5) is 0 Å². The summed E-state index contributed by atoms with van der Waals surface area (Å²) in [7, 11) is 1.75. The molecular weight excluding hydrogens is 152 g/mol. The molecular formula is C9H18N2O. The number of likely N-dealkylation sites (N-methyl/N-ethyl adjacent to an activating group) is 2. The third kappa shape index (κ3) is 1.72. The highest BCUT2D eigenvalue weighted by Crippen LogP contribution is 2.14. The molecule has 0 aromatic rings. The quantitative estimate of drug-likeness (QED) is 0.628. The fourth-order valence-corrected chi connectivity index (χ4v) is 1.53. The number of methoxy groups -OCH3 is 1. The molecule has 0 saturated carbocycles. The molecule has 0 aromatic heterocycles. The summed E-state index contributed by atoms with van der Waals surface area (Å²) in [6.45, 7) is 7.18. The van der Waals surface area contributed by atoms with Crippen LogP contribution >= 0.6 is 0 Å². The van der Waals surface area contributed by atoms with E-state index in [0.717, 1.165) is 19.7 Å². The van der Waals surface area contributed by atoms with Crippen molar-refractivity contribution in [2.24, 2.45) is 0 Å². The van der Waals surface area contributed by atoms with Gasteiger partial charge in [-0.05, 0) is 13.8 Å². The molecule has 0 aromatic carbocycles. The van der Waals surface area contributed by atoms with Crippen LogP contribution in [0.1, 0.15) is 13.8 Å². The minimum Gasteiger partial charge on any atom is -0.381 e. The van der Waals surface area contributed by atoms with E-state index in [0.29, 0.717) is 6.17 Å². The van der Waals surface area contributed by atoms with Gasteiger partial charge < -0.3 is 14.5 Å². The van der Waals surface area contributed by atoms with Gasteiger partial charge in [0.2, 0.25) is 0 Å². The Morgan fingerprint density at radius 3 is 2.00 bits per heavy atom. The Morgan fingerprint density at radius 2 is 1.67 bits per heavy atom. The molecule has 0 atom stereocenters. The molecule has 0 radical (unpaired) electrons. The van der Waals surface area contributed by atoms with E-state index < -0.39 is 0 Å². The zero-order chi connectivity index (χ0) is 8.97. The lowest BCUT2D eigenvalue weighted by Gasteiger charge is -2.30. The zero-order valence-electron chi connectivity index (χ0n) is 8.16. The first-order valence-electron chi connectivity index (χ1n) is 4.52. The van der Waals surface area contributed by atoms with Gasteiger partial charge in [0.25, 0.3) is 0 Å². The minimum atomic E-state index is 0.407. The van der Waals surface area contributed by atoms with Crippen LogP contribution in [0, 0.1) is 0 Å². The molecule has 3 nitrogen and oxygen atoms in total. The third-order valence-corrected chi connectivity index (χ3v) is 2.26. The summed E-state index contributed by atoms with van der Waals surface area (Å²) < 4.78 is 5.17. The van der Waals surface area contributed by atoms with Crippen LogP contribution in [-0.2, 0) is 4.74 Å². The Hall–Kier alpha value is -0.700. The van der Waals surface area contributed by atoms with Crippen molar-refractivity contribution in [2.45, 2.75) is 20.0 Å². The monoisotopic (exact) mass is 170 g/mol. The minimum absolute atomic E-state index is 0.407. The van der Waals surface area contributed by atoms with Crippen molar-refractivity contribution in [3.8, 4) is 0 Å². The zero-order valence-corrected chi connectivity index (χ0v) is 8.16. The van der Waals surface area contributed by atoms with E-state index in [-0.39, 0.29) is 0 Å². The molecule has 3 heteroatoms. The molecule has 0 unspecified atom stereocenters. The standard InChI is InChI=1S/C9H18N2O/c1-4-10-6-7-11(5-2)9(10)8-12-3/h6-7,9H,4-5,8H2,1-3H3. The molecule has 1 aliphatic rings. The Kier molecular flexibility index (Phi) is 3.41. The van der Waals surface area contributed by atoms with E-state index in [1.807, 2.05) is 0 Å². The summed E-state index contributed by atoms with van der Waals surface area (Å²) in [6.07, 6.45) is 4.67. The van der Waals surface area contributed by atoms with Crippen LogP contribution in [0.3, 0.4) is 0 Å². The first-order valence-corrected chi connectivity index (χ1v) is 4.52. The Bertz CT molecular complexity index is 145. The fourth-order valence-electron chi connectivity index (χ4n) is 1.53. The predicted molar refractivity (Wildman–Crippen MR) is 49.6 cm³/mol. The van der Waals surface area contributed by atoms with Crippen molar-refractivity contribution in [1.29, 1.82) is 0 Å². The maximum Gasteiger partial charge on any atom is 0.125 e. The smallest absolute Gasteiger partial charge is 0.125 e. The number of nitrogens with zero attached hydrogens (tertiary/aromatic N) is 2. The highest BCUT2D eigenvalue weighted by molar-refractivity contribution is 4.96. The van der Waals surface area contributed by atoms with Gasteiger partial charge >= 0.3 is 0 Å². The normalized spacial score (nSPS) is 17.9. The van der Waals surface area contributed by atoms with Gasteiger partial charge in [0.1, 0.15) is 6.17 Å². The summed E-state index contributed by atoms with van der Waals surface area (Å²) in [5, 5.41) is 0. The second-order valence-electron chi connectivity index (χ2n) is 2.89. The highest BCUT2D eigenvalue weighted by Gasteiger charge is 2.23. The predicted octanol–water partition coefficient (Wildman–Crippen LogP) is 1.09. The SMILES string of the molecule is CCN1C=CN(CC)C1COC. The summed E-state index contributed by atoms with van der Waals surface area (Å²) >= 11 is 0. The molecule has 0 aliphatic carbocycles. The lowest BCUT2D eigenvalue weighted by Crippen LogP contribution is -2.41. The van der Waals surface area contributed by atoms with Crippen molar-refractivity contribution in [2.75, 3.05) is 26.8 Å². The highest BCUT2D eigenvalue weighted by atomic mass is 16.5. The van der Waals surface area contributed by atoms with Crippen molar-refractivity contribution in [1.82, 2.24) is 9.80 Å². The maximum atomic E-state index is 5.17. The van der Waals surface area contributed by atoms with Gasteiger partial charge in [0.15, 0.2) is 0 Å². The van der Waals surface area contributed by atoms with Crippen LogP contribution in [0.15, 0.2) is 12.4 Å². The van der Waals surface area contributed by atoms with E-state index in [1.165, 1.54) is 0 Å². The molecule has 70 valence electrons. The number of rotatable bonds is 4. The summed E-state index contributed by atoms with van der Waals surface area (Å²) in [6, 6.07) is 0. The molecule has 1 aliphatic heterocycles. The topological polar surface area (TPSA) is 15.7 Å². The lowest BCUT2D eigenvalue weighted by atomic mass is 10.4. The maximum absolute atomic E-state index is 5.17. The third-order valence-electron chi connectivity index (χ3n) is 2.26. The van der Waals surface area contributed by atoms with Crippen molar-refractivity contribution >= 4 is 0 Å². The molecule has 0 saturated heterocycles. The molecule has 12 heavy (non-hydrogen) atoms. The first kappa shape index (κ1) is 9.39. The summed E-state index contributed by atoms with van der Waals surface area (Å²) in [5.74, 6) is 0. The van der Waals surface area contributed by atoms with Crippen LogP contribution in [0.5, 0.6) is 0 Å². The number of hydrogen-bond donors (Lipinski definition) is 0. The number of hydrogen-bond acceptors (Lipinski definition) is 3. The van der Waals surface area contributed by atoms with E-state index in [1.54, 1.807) is 7.11 Å². The second-order valence-corrected chi connectivity index (χ2v) is 2.89. The summed E-state index contributed by atoms with van der Waals surface area (Å²) in [5.41, 5.74) is 0. The second kappa shape index (κ2) is 4.36. The average molecular weight is 170 g/mol. The van der Waals surface area contributed by atoms with Crippen molar-refractivity contribution in [3.05, 3.63) is 12.4 Å². The van der Waals surface area contributed by atoms with Gasteiger partial charge in [-0.3, -0.25) is 0 Å². The fraction of sp³-hybridized carbons (Fsp3) is 0.778. The molecule has 1 heterocycles. The Balaban J connectivity index is 2.52. The van der Waals surface area contributed by atoms with Crippen LogP contribution in [-0.4, -0.2) is 42.8 Å². The Morgan fingerprint density at radius 1 is 1.17 bits per heavy atom. The van der Waals surface area contributed by atoms with Crippen LogP contribution < -0.4 is 0 Å². The van der Waals surface area contributed by atoms with E-state index in [4.69, 9.17) is 4.74 Å². The Labute approximate surface area is 74.6 Å². The van der Waals surface area contributed by atoms with Gasteiger partial charge in [-0.1, -0.05) is 0 Å². The van der Waals surface area contributed by atoms with Gasteiger partial charge in [-0.25, -0.2) is 0 Å². The molecule has 0 amide bonds. The molecule has 1 rings (SSSR count). The largest absolute Gasteiger partial charge is 0.381 e. The van der Waals surface area contributed by atoms with E-state index in [9.17, 15) is 0 Å². The summed E-state index contributed by atoms with van der Waals surface area (Å²) in [4.78, 5) is 4.57. The van der Waals surface area contributed by atoms with Gasteiger partial charge in [0.05, 0.1) is 6.61 Å². The van der Waals surface area contributed by atoms with E-state index in [2.05, 4.69) is 36.0 Å². The van der Waals surface area contributed by atoms with Gasteiger partial charge in [0, 0.05) is 32.6 Å². The molecule has 0 spiro atoms. The van der Waals surface area contributed by atoms with Crippen molar-refractivity contribution < 1.29 is 4.74 Å². The van der Waals surface area contributed by atoms with E-state index >= 15 is 0 Å². The van der Waals surface area contributed by atoms with Crippen molar-refractivity contribution in [3.63, 3.8) is 0 Å². The lowest BCUT2D eigenvalue weighted by molar-refractivity contribution is 0.0600. The molecule has 0 N–H and O–H groups in total. The molecule has 0 bridgehead atoms.